The lowest BCUT2D eigenvalue weighted by Crippen LogP contribution is -2.37. The molecule has 3 aromatic rings. The average molecular weight is 552 g/mol. The fourth-order valence-electron chi connectivity index (χ4n) is 3.83. The van der Waals surface area contributed by atoms with Gasteiger partial charge < -0.3 is 24.4 Å². The van der Waals surface area contributed by atoms with Crippen LogP contribution in [0.5, 0.6) is 5.75 Å². The Kier molecular flexibility index (Phi) is 9.35. The summed E-state index contributed by atoms with van der Waals surface area (Å²) >= 11 is 0. The molecule has 1 saturated heterocycles. The van der Waals surface area contributed by atoms with Crippen LogP contribution >= 0.6 is 0 Å². The zero-order valence-electron chi connectivity index (χ0n) is 22.4. The summed E-state index contributed by atoms with van der Waals surface area (Å²) in [5.74, 6) is 0.302. The number of H-pyrrole nitrogens is 1. The van der Waals surface area contributed by atoms with Crippen molar-refractivity contribution in [1.29, 1.82) is 0 Å². The summed E-state index contributed by atoms with van der Waals surface area (Å²) in [6.07, 6.45) is 3.04. The molecule has 0 spiro atoms. The highest BCUT2D eigenvalue weighted by molar-refractivity contribution is 5.98. The minimum atomic E-state index is -0.624. The van der Waals surface area contributed by atoms with Crippen LogP contribution in [0, 0.1) is 0 Å². The van der Waals surface area contributed by atoms with Crippen molar-refractivity contribution in [3.63, 3.8) is 0 Å². The Labute approximate surface area is 230 Å². The highest BCUT2D eigenvalue weighted by atomic mass is 16.5. The number of esters is 1. The van der Waals surface area contributed by atoms with Crippen LogP contribution in [0.3, 0.4) is 0 Å². The largest absolute Gasteiger partial charge is 0.488 e. The normalized spacial score (nSPS) is 12.8. The van der Waals surface area contributed by atoms with E-state index in [1.165, 1.54) is 13.1 Å². The summed E-state index contributed by atoms with van der Waals surface area (Å²) in [6.45, 7) is 7.58. The van der Waals surface area contributed by atoms with Crippen LogP contribution < -0.4 is 30.6 Å². The van der Waals surface area contributed by atoms with E-state index in [0.29, 0.717) is 55.7 Å². The van der Waals surface area contributed by atoms with Crippen LogP contribution in [0.2, 0.25) is 0 Å². The number of anilines is 4. The number of carbonyl (C=O) groups is 3. The SMILES string of the molecule is CCOC(=O)c1nc(-c2cnc(NC(=O)Nc3ccc(NC(C)=O)cc3)[nH+]c2)nc(N2CCOCC2)c1OCC. The maximum absolute atomic E-state index is 12.8. The van der Waals surface area contributed by atoms with Gasteiger partial charge in [-0.15, -0.1) is 0 Å². The number of aromatic nitrogens is 4. The number of urea groups is 1. The first-order valence-electron chi connectivity index (χ1n) is 12.8. The van der Waals surface area contributed by atoms with E-state index in [9.17, 15) is 14.4 Å². The standard InChI is InChI=1S/C26H30N8O6/c1-4-39-21-20(24(36)40-5-2)31-22(32-23(21)34-10-12-38-13-11-34)17-14-27-25(28-15-17)33-26(37)30-19-8-6-18(7-9-19)29-16(3)35/h6-9,14-15H,4-5,10-13H2,1-3H3,(H,29,35)(H2,27,28,30,33,37)/p+1. The third kappa shape index (κ3) is 7.17. The number of hydrogen-bond donors (Lipinski definition) is 3. The molecule has 0 unspecified atom stereocenters. The third-order valence-electron chi connectivity index (χ3n) is 5.57. The first-order chi connectivity index (χ1) is 19.4. The van der Waals surface area contributed by atoms with Gasteiger partial charge >= 0.3 is 17.9 Å². The van der Waals surface area contributed by atoms with Crippen LogP contribution in [0.4, 0.5) is 27.9 Å². The number of rotatable bonds is 9. The van der Waals surface area contributed by atoms with Crippen LogP contribution in [-0.4, -0.2) is 72.4 Å². The number of hydrogen-bond acceptors (Lipinski definition) is 10. The summed E-state index contributed by atoms with van der Waals surface area (Å²) in [5.41, 5.74) is 1.63. The number of nitrogens with one attached hydrogen (secondary N) is 4. The molecular formula is C26H31N8O6+. The molecule has 0 bridgehead atoms. The number of benzene rings is 1. The van der Waals surface area contributed by atoms with Crippen LogP contribution in [0.25, 0.3) is 11.4 Å². The fourth-order valence-corrected chi connectivity index (χ4v) is 3.83. The van der Waals surface area contributed by atoms with Crippen molar-refractivity contribution in [2.75, 3.05) is 60.4 Å². The van der Waals surface area contributed by atoms with Crippen molar-refractivity contribution in [2.24, 2.45) is 0 Å². The van der Waals surface area contributed by atoms with Gasteiger partial charge in [-0.05, 0) is 38.1 Å². The van der Waals surface area contributed by atoms with Crippen molar-refractivity contribution in [3.8, 4) is 17.1 Å². The molecule has 1 aliphatic rings. The number of morpholine rings is 1. The van der Waals surface area contributed by atoms with Gasteiger partial charge in [0, 0.05) is 31.4 Å². The summed E-state index contributed by atoms with van der Waals surface area (Å²) < 4.78 is 16.5. The number of ether oxygens (including phenoxy) is 3. The molecule has 1 aliphatic heterocycles. The third-order valence-corrected chi connectivity index (χ3v) is 5.57. The molecule has 2 aromatic heterocycles. The molecule has 0 aliphatic carbocycles. The Balaban J connectivity index is 1.54. The number of aromatic amines is 1. The fraction of sp³-hybridized carbons (Fsp3) is 0.346. The monoisotopic (exact) mass is 551 g/mol. The van der Waals surface area contributed by atoms with E-state index in [4.69, 9.17) is 19.2 Å². The van der Waals surface area contributed by atoms with Gasteiger partial charge in [0.05, 0.1) is 38.2 Å². The first-order valence-corrected chi connectivity index (χ1v) is 12.8. The molecule has 0 saturated carbocycles. The molecule has 40 heavy (non-hydrogen) atoms. The molecule has 14 nitrogen and oxygen atoms in total. The van der Waals surface area contributed by atoms with Crippen molar-refractivity contribution in [1.82, 2.24) is 15.0 Å². The van der Waals surface area contributed by atoms with Crippen LogP contribution in [0.15, 0.2) is 36.7 Å². The van der Waals surface area contributed by atoms with Gasteiger partial charge in [0.1, 0.15) is 6.20 Å². The second-order valence-electron chi connectivity index (χ2n) is 8.49. The van der Waals surface area contributed by atoms with Gasteiger partial charge in [0.25, 0.3) is 0 Å². The molecule has 4 N–H and O–H groups in total. The topological polar surface area (TPSA) is 171 Å². The predicted octanol–water partition coefficient (Wildman–Crippen LogP) is 2.37. The molecule has 3 amide bonds. The molecule has 1 aromatic carbocycles. The summed E-state index contributed by atoms with van der Waals surface area (Å²) in [7, 11) is 0. The number of nitrogens with zero attached hydrogens (tertiary/aromatic N) is 4. The Morgan fingerprint density at radius 2 is 1.70 bits per heavy atom. The molecular weight excluding hydrogens is 520 g/mol. The number of carbonyl (C=O) groups excluding carboxylic acids is 3. The van der Waals surface area contributed by atoms with Gasteiger partial charge in [-0.1, -0.05) is 4.98 Å². The minimum absolute atomic E-state index is 0.0151. The number of amides is 3. The van der Waals surface area contributed by atoms with Crippen molar-refractivity contribution >= 4 is 41.0 Å². The van der Waals surface area contributed by atoms with E-state index in [1.54, 1.807) is 37.4 Å². The van der Waals surface area contributed by atoms with E-state index >= 15 is 0 Å². The maximum Gasteiger partial charge on any atom is 0.397 e. The predicted molar refractivity (Wildman–Crippen MR) is 145 cm³/mol. The Bertz CT molecular complexity index is 1340. The Morgan fingerprint density at radius 1 is 1.00 bits per heavy atom. The van der Waals surface area contributed by atoms with E-state index < -0.39 is 12.0 Å². The van der Waals surface area contributed by atoms with Gasteiger partial charge in [-0.3, -0.25) is 10.1 Å². The highest BCUT2D eigenvalue weighted by Gasteiger charge is 2.28. The molecule has 1 fully saturated rings. The molecule has 3 heterocycles. The Morgan fingerprint density at radius 3 is 2.30 bits per heavy atom. The molecule has 210 valence electrons. The molecule has 14 heteroatoms. The van der Waals surface area contributed by atoms with E-state index in [2.05, 4.69) is 30.9 Å². The first kappa shape index (κ1) is 28.2. The smallest absolute Gasteiger partial charge is 0.397 e. The van der Waals surface area contributed by atoms with Gasteiger partial charge in [0.15, 0.2) is 23.1 Å². The van der Waals surface area contributed by atoms with Gasteiger partial charge in [-0.25, -0.2) is 24.5 Å². The Hall–Kier alpha value is -4.85. The summed E-state index contributed by atoms with van der Waals surface area (Å²) in [5, 5.41) is 7.95. The van der Waals surface area contributed by atoms with Crippen molar-refractivity contribution < 1.29 is 33.6 Å². The average Bonchev–Trinajstić information content (AvgIpc) is 2.95. The zero-order chi connectivity index (χ0) is 28.5. The van der Waals surface area contributed by atoms with Crippen molar-refractivity contribution in [2.45, 2.75) is 20.8 Å². The van der Waals surface area contributed by atoms with Crippen LogP contribution in [0.1, 0.15) is 31.3 Å². The molecule has 0 radical (unpaired) electrons. The second-order valence-corrected chi connectivity index (χ2v) is 8.49. The zero-order valence-corrected chi connectivity index (χ0v) is 22.4. The lowest BCUT2D eigenvalue weighted by molar-refractivity contribution is -0.363. The second kappa shape index (κ2) is 13.3. The summed E-state index contributed by atoms with van der Waals surface area (Å²) in [4.78, 5) is 54.7. The summed E-state index contributed by atoms with van der Waals surface area (Å²) in [6, 6.07) is 6.12. The minimum Gasteiger partial charge on any atom is -0.488 e. The highest BCUT2D eigenvalue weighted by Crippen LogP contribution is 2.33. The maximum atomic E-state index is 12.8. The lowest BCUT2D eigenvalue weighted by Gasteiger charge is -2.29. The quantitative estimate of drug-likeness (QED) is 0.335. The van der Waals surface area contributed by atoms with Gasteiger partial charge in [-0.2, -0.15) is 5.32 Å². The van der Waals surface area contributed by atoms with E-state index in [-0.39, 0.29) is 35.7 Å². The molecule has 4 rings (SSSR count). The lowest BCUT2D eigenvalue weighted by atomic mass is 10.2. The van der Waals surface area contributed by atoms with E-state index in [1.807, 2.05) is 11.8 Å². The van der Waals surface area contributed by atoms with Crippen molar-refractivity contribution in [3.05, 3.63) is 42.4 Å². The van der Waals surface area contributed by atoms with Gasteiger partial charge in [0.2, 0.25) is 5.91 Å². The van der Waals surface area contributed by atoms with Crippen LogP contribution in [-0.2, 0) is 14.3 Å². The van der Waals surface area contributed by atoms with E-state index in [0.717, 1.165) is 0 Å². The molecule has 0 atom stereocenters.